The Kier molecular flexibility index (Phi) is 7.70. The molecule has 6 nitrogen and oxygen atoms in total. The van der Waals surface area contributed by atoms with E-state index in [-0.39, 0.29) is 31.0 Å². The summed E-state index contributed by atoms with van der Waals surface area (Å²) >= 11 is 0. The van der Waals surface area contributed by atoms with E-state index in [0.29, 0.717) is 12.3 Å². The van der Waals surface area contributed by atoms with Crippen LogP contribution in [-0.4, -0.2) is 38.2 Å². The zero-order chi connectivity index (χ0) is 15.1. The Bertz CT molecular complexity index is 504. The number of ether oxygens (including phenoxy) is 2. The molecule has 1 heterocycles. The number of amides is 1. The maximum absolute atomic E-state index is 11.9. The number of methoxy groups -OCH3 is 1. The van der Waals surface area contributed by atoms with Crippen molar-refractivity contribution >= 4 is 24.3 Å². The van der Waals surface area contributed by atoms with Gasteiger partial charge in [-0.25, -0.2) is 4.79 Å². The van der Waals surface area contributed by atoms with Crippen LogP contribution in [0.2, 0.25) is 0 Å². The summed E-state index contributed by atoms with van der Waals surface area (Å²) < 4.78 is 9.82. The fraction of sp³-hybridized carbons (Fsp3) is 0.467. The lowest BCUT2D eigenvalue weighted by Crippen LogP contribution is -2.39. The highest BCUT2D eigenvalue weighted by atomic mass is 35.5. The normalized spacial score (nSPS) is 16.5. The minimum atomic E-state index is -0.430. The van der Waals surface area contributed by atoms with Crippen LogP contribution in [0.15, 0.2) is 24.3 Å². The van der Waals surface area contributed by atoms with E-state index in [4.69, 9.17) is 4.74 Å². The molecule has 2 N–H and O–H groups in total. The van der Waals surface area contributed by atoms with E-state index >= 15 is 0 Å². The summed E-state index contributed by atoms with van der Waals surface area (Å²) in [5.41, 5.74) is 0.920. The van der Waals surface area contributed by atoms with Crippen LogP contribution in [0, 0.1) is 0 Å². The molecule has 1 aliphatic rings. The average molecular weight is 329 g/mol. The van der Waals surface area contributed by atoms with Crippen LogP contribution in [0.1, 0.15) is 18.4 Å². The van der Waals surface area contributed by atoms with Gasteiger partial charge in [0.05, 0.1) is 13.2 Å². The highest BCUT2D eigenvalue weighted by molar-refractivity contribution is 5.85. The molecular weight excluding hydrogens is 308 g/mol. The van der Waals surface area contributed by atoms with E-state index in [1.165, 1.54) is 7.11 Å². The Morgan fingerprint density at radius 1 is 1.41 bits per heavy atom. The van der Waals surface area contributed by atoms with E-state index in [0.717, 1.165) is 24.9 Å². The minimum Gasteiger partial charge on any atom is -0.482 e. The second kappa shape index (κ2) is 9.27. The first-order valence-electron chi connectivity index (χ1n) is 6.98. The molecule has 0 aliphatic carbocycles. The predicted octanol–water partition coefficient (Wildman–Crippen LogP) is 1.03. The van der Waals surface area contributed by atoms with Crippen molar-refractivity contribution in [1.82, 2.24) is 10.6 Å². The molecule has 0 radical (unpaired) electrons. The summed E-state index contributed by atoms with van der Waals surface area (Å²) in [6, 6.07) is 7.19. The van der Waals surface area contributed by atoms with Crippen LogP contribution in [0.25, 0.3) is 0 Å². The number of hydrogen-bond acceptors (Lipinski definition) is 5. The van der Waals surface area contributed by atoms with Gasteiger partial charge in [0.15, 0.2) is 6.61 Å². The van der Waals surface area contributed by atoms with E-state index in [1.54, 1.807) is 12.1 Å². The van der Waals surface area contributed by atoms with Gasteiger partial charge in [0.1, 0.15) is 5.75 Å². The molecule has 2 rings (SSSR count). The van der Waals surface area contributed by atoms with Crippen molar-refractivity contribution in [2.45, 2.75) is 25.4 Å². The molecule has 1 unspecified atom stereocenters. The molecule has 1 atom stereocenters. The van der Waals surface area contributed by atoms with Crippen LogP contribution in [0.5, 0.6) is 5.75 Å². The molecule has 0 spiro atoms. The summed E-state index contributed by atoms with van der Waals surface area (Å²) in [6.07, 6.45) is 1.92. The lowest BCUT2D eigenvalue weighted by Gasteiger charge is -2.12. The van der Waals surface area contributed by atoms with Gasteiger partial charge in [0.2, 0.25) is 5.91 Å². The van der Waals surface area contributed by atoms with Gasteiger partial charge in [-0.1, -0.05) is 12.1 Å². The lowest BCUT2D eigenvalue weighted by atomic mass is 10.2. The molecule has 1 aliphatic heterocycles. The zero-order valence-electron chi connectivity index (χ0n) is 12.5. The maximum Gasteiger partial charge on any atom is 0.343 e. The number of esters is 1. The van der Waals surface area contributed by atoms with Crippen LogP contribution in [0.4, 0.5) is 0 Å². The SMILES string of the molecule is COC(=O)COc1cccc(CNC(=O)C2CCCN2)c1.Cl. The molecule has 1 aromatic rings. The van der Waals surface area contributed by atoms with Crippen molar-refractivity contribution in [1.29, 1.82) is 0 Å². The number of carbonyl (C=O) groups is 2. The van der Waals surface area contributed by atoms with Crippen LogP contribution in [-0.2, 0) is 20.9 Å². The van der Waals surface area contributed by atoms with Gasteiger partial charge >= 0.3 is 5.97 Å². The first-order valence-corrected chi connectivity index (χ1v) is 6.98. The Morgan fingerprint density at radius 3 is 2.91 bits per heavy atom. The number of carbonyl (C=O) groups excluding carboxylic acids is 2. The molecule has 1 fully saturated rings. The van der Waals surface area contributed by atoms with Gasteiger partial charge in [-0.3, -0.25) is 4.79 Å². The van der Waals surface area contributed by atoms with Crippen LogP contribution >= 0.6 is 12.4 Å². The van der Waals surface area contributed by atoms with Gasteiger partial charge in [0.25, 0.3) is 0 Å². The van der Waals surface area contributed by atoms with Gasteiger partial charge in [-0.2, -0.15) is 0 Å². The number of nitrogens with one attached hydrogen (secondary N) is 2. The second-order valence-electron chi connectivity index (χ2n) is 4.88. The van der Waals surface area contributed by atoms with Crippen molar-refractivity contribution in [2.24, 2.45) is 0 Å². The molecule has 1 amide bonds. The van der Waals surface area contributed by atoms with Gasteiger partial charge in [-0.15, -0.1) is 12.4 Å². The van der Waals surface area contributed by atoms with Crippen LogP contribution < -0.4 is 15.4 Å². The van der Waals surface area contributed by atoms with E-state index in [1.807, 2.05) is 12.1 Å². The number of benzene rings is 1. The van der Waals surface area contributed by atoms with E-state index in [2.05, 4.69) is 15.4 Å². The third-order valence-corrected chi connectivity index (χ3v) is 3.33. The fourth-order valence-corrected chi connectivity index (χ4v) is 2.17. The first-order chi connectivity index (χ1) is 10.2. The molecule has 0 aromatic heterocycles. The Balaban J connectivity index is 0.00000242. The first kappa shape index (κ1) is 18.3. The third kappa shape index (κ3) is 5.54. The quantitative estimate of drug-likeness (QED) is 0.763. The number of hydrogen-bond donors (Lipinski definition) is 2. The summed E-state index contributed by atoms with van der Waals surface area (Å²) in [4.78, 5) is 22.9. The number of rotatable bonds is 6. The second-order valence-corrected chi connectivity index (χ2v) is 4.88. The minimum absolute atomic E-state index is 0. The molecule has 1 saturated heterocycles. The molecular formula is C15H21ClN2O4. The highest BCUT2D eigenvalue weighted by Crippen LogP contribution is 2.13. The maximum atomic E-state index is 11.9. The fourth-order valence-electron chi connectivity index (χ4n) is 2.17. The van der Waals surface area contributed by atoms with Crippen molar-refractivity contribution in [3.05, 3.63) is 29.8 Å². The van der Waals surface area contributed by atoms with Crippen molar-refractivity contribution < 1.29 is 19.1 Å². The summed E-state index contributed by atoms with van der Waals surface area (Å²) in [7, 11) is 1.31. The Labute approximate surface area is 136 Å². The summed E-state index contributed by atoms with van der Waals surface area (Å²) in [5, 5.41) is 6.05. The van der Waals surface area contributed by atoms with Gasteiger partial charge in [-0.05, 0) is 37.1 Å². The van der Waals surface area contributed by atoms with Crippen molar-refractivity contribution in [2.75, 3.05) is 20.3 Å². The molecule has 7 heteroatoms. The molecule has 0 saturated carbocycles. The molecule has 122 valence electrons. The Morgan fingerprint density at radius 2 is 2.23 bits per heavy atom. The van der Waals surface area contributed by atoms with Gasteiger partial charge < -0.3 is 20.1 Å². The number of halogens is 1. The topological polar surface area (TPSA) is 76.7 Å². The van der Waals surface area contributed by atoms with E-state index in [9.17, 15) is 9.59 Å². The summed E-state index contributed by atoms with van der Waals surface area (Å²) in [6.45, 7) is 1.21. The largest absolute Gasteiger partial charge is 0.482 e. The predicted molar refractivity (Wildman–Crippen MR) is 84.1 cm³/mol. The lowest BCUT2D eigenvalue weighted by molar-refractivity contribution is -0.142. The average Bonchev–Trinajstić information content (AvgIpc) is 3.05. The highest BCUT2D eigenvalue weighted by Gasteiger charge is 2.21. The van der Waals surface area contributed by atoms with Gasteiger partial charge in [0, 0.05) is 6.54 Å². The molecule has 1 aromatic carbocycles. The Hall–Kier alpha value is -1.79. The smallest absolute Gasteiger partial charge is 0.343 e. The molecule has 0 bridgehead atoms. The van der Waals surface area contributed by atoms with Crippen molar-refractivity contribution in [3.8, 4) is 5.75 Å². The zero-order valence-corrected chi connectivity index (χ0v) is 13.3. The standard InChI is InChI=1S/C15H20N2O4.ClH/c1-20-14(18)10-21-12-5-2-4-11(8-12)9-17-15(19)13-6-3-7-16-13;/h2,4-5,8,13,16H,3,6-7,9-10H2,1H3,(H,17,19);1H. The summed E-state index contributed by atoms with van der Waals surface area (Å²) in [5.74, 6) is 0.167. The third-order valence-electron chi connectivity index (χ3n) is 3.33. The van der Waals surface area contributed by atoms with Crippen molar-refractivity contribution in [3.63, 3.8) is 0 Å². The molecule has 22 heavy (non-hydrogen) atoms. The van der Waals surface area contributed by atoms with E-state index < -0.39 is 5.97 Å². The monoisotopic (exact) mass is 328 g/mol. The van der Waals surface area contributed by atoms with Crippen LogP contribution in [0.3, 0.4) is 0 Å².